The lowest BCUT2D eigenvalue weighted by molar-refractivity contribution is -0.142. The smallest absolute Gasteiger partial charge is 0.302 e. The molecule has 0 saturated heterocycles. The number of unbranched alkanes of at least 4 members (excludes halogenated alkanes) is 2. The Balaban J connectivity index is 1.24. The second-order valence-corrected chi connectivity index (χ2v) is 15.6. The molecule has 2 unspecified atom stereocenters. The highest BCUT2D eigenvalue weighted by Crippen LogP contribution is 2.46. The molecule has 2 atom stereocenters. The number of nitrogens with zero attached hydrogens (tertiary/aromatic N) is 2. The van der Waals surface area contributed by atoms with Crippen LogP contribution in [0.2, 0.25) is 0 Å². The predicted molar refractivity (Wildman–Crippen MR) is 216 cm³/mol. The predicted octanol–water partition coefficient (Wildman–Crippen LogP) is 9.23. The Morgan fingerprint density at radius 3 is 1.07 bits per heavy atom. The Bertz CT molecular complexity index is 2100. The molecule has 5 aromatic rings. The zero-order valence-electron chi connectivity index (χ0n) is 32.8. The molecule has 2 aliphatic heterocycles. The minimum atomic E-state index is -0.322. The number of fused-ring (bicyclic) bond motifs is 2. The van der Waals surface area contributed by atoms with Crippen LogP contribution in [0.1, 0.15) is 133 Å². The Hall–Kier alpha value is -5.38. The topological polar surface area (TPSA) is 127 Å². The molecule has 0 N–H and O–H groups in total. The molecule has 4 amide bonds. The Labute approximate surface area is 326 Å². The third-order valence-electron chi connectivity index (χ3n) is 11.7. The molecule has 10 nitrogen and oxygen atoms in total. The van der Waals surface area contributed by atoms with Gasteiger partial charge in [0.1, 0.15) is 0 Å². The Morgan fingerprint density at radius 1 is 0.482 bits per heavy atom. The molecular formula is C46H50N2O8. The fraction of sp³-hybridized carbons (Fsp3) is 0.435. The van der Waals surface area contributed by atoms with Crippen molar-refractivity contribution in [1.82, 2.24) is 9.80 Å². The first-order valence-electron chi connectivity index (χ1n) is 20.2. The SMILES string of the molecule is CCCCC(CCCOC(C)=O)CN1C(=O)c2ccc3c4ccc5c6c(ccc(c7ccc(c2c37)C1=O)c64)C(=O)N(CC(CCCC)CCCOC(C)=O)C5=O. The fourth-order valence-corrected chi connectivity index (χ4v) is 9.03. The van der Waals surface area contributed by atoms with Crippen molar-refractivity contribution in [3.63, 3.8) is 0 Å². The van der Waals surface area contributed by atoms with E-state index < -0.39 is 0 Å². The summed E-state index contributed by atoms with van der Waals surface area (Å²) in [5.41, 5.74) is 1.93. The van der Waals surface area contributed by atoms with Gasteiger partial charge in [-0.15, -0.1) is 0 Å². The van der Waals surface area contributed by atoms with Gasteiger partial charge >= 0.3 is 11.9 Å². The summed E-state index contributed by atoms with van der Waals surface area (Å²) in [6.45, 7) is 8.21. The van der Waals surface area contributed by atoms with E-state index in [1.807, 2.05) is 48.5 Å². The van der Waals surface area contributed by atoms with E-state index in [1.165, 1.54) is 23.6 Å². The number of carbonyl (C=O) groups is 6. The summed E-state index contributed by atoms with van der Waals surface area (Å²) in [4.78, 5) is 82.2. The van der Waals surface area contributed by atoms with Gasteiger partial charge in [-0.05, 0) is 107 Å². The van der Waals surface area contributed by atoms with E-state index in [-0.39, 0.29) is 47.4 Å². The largest absolute Gasteiger partial charge is 0.466 e. The minimum absolute atomic E-state index is 0.0789. The molecule has 0 fully saturated rings. The van der Waals surface area contributed by atoms with Crippen LogP contribution in [0.3, 0.4) is 0 Å². The molecule has 0 aromatic heterocycles. The van der Waals surface area contributed by atoms with Gasteiger partial charge in [-0.1, -0.05) is 63.8 Å². The number of carbonyl (C=O) groups excluding carboxylic acids is 6. The van der Waals surface area contributed by atoms with Crippen LogP contribution >= 0.6 is 0 Å². The van der Waals surface area contributed by atoms with E-state index in [4.69, 9.17) is 9.47 Å². The van der Waals surface area contributed by atoms with Gasteiger partial charge in [0.25, 0.3) is 23.6 Å². The van der Waals surface area contributed by atoms with Gasteiger partial charge in [0.05, 0.1) is 13.2 Å². The third-order valence-corrected chi connectivity index (χ3v) is 11.7. The van der Waals surface area contributed by atoms with Gasteiger partial charge in [0, 0.05) is 60.0 Å². The molecule has 0 radical (unpaired) electrons. The Kier molecular flexibility index (Phi) is 11.4. The van der Waals surface area contributed by atoms with E-state index in [0.29, 0.717) is 72.2 Å². The van der Waals surface area contributed by atoms with Crippen molar-refractivity contribution in [3.8, 4) is 0 Å². The first kappa shape index (κ1) is 38.9. The van der Waals surface area contributed by atoms with Crippen LogP contribution < -0.4 is 0 Å². The zero-order chi connectivity index (χ0) is 39.7. The minimum Gasteiger partial charge on any atom is -0.466 e. The van der Waals surface area contributed by atoms with E-state index in [1.54, 1.807) is 0 Å². The summed E-state index contributed by atoms with van der Waals surface area (Å²) in [7, 11) is 0. The first-order valence-corrected chi connectivity index (χ1v) is 20.2. The normalized spacial score (nSPS) is 15.1. The van der Waals surface area contributed by atoms with Gasteiger partial charge in [-0.2, -0.15) is 0 Å². The lowest BCUT2D eigenvalue weighted by Gasteiger charge is -2.32. The number of esters is 2. The number of hydrogen-bond donors (Lipinski definition) is 0. The molecular weight excluding hydrogens is 709 g/mol. The number of ether oxygens (including phenoxy) is 2. The van der Waals surface area contributed by atoms with Crippen molar-refractivity contribution in [1.29, 1.82) is 0 Å². The molecule has 10 heteroatoms. The van der Waals surface area contributed by atoms with Crippen LogP contribution in [0, 0.1) is 11.8 Å². The maximum atomic E-state index is 14.2. The summed E-state index contributed by atoms with van der Waals surface area (Å²) in [6.07, 6.45) is 8.42. The number of amides is 4. The zero-order valence-corrected chi connectivity index (χ0v) is 32.8. The first-order chi connectivity index (χ1) is 27.0. The molecule has 292 valence electrons. The highest BCUT2D eigenvalue weighted by Gasteiger charge is 2.38. The van der Waals surface area contributed by atoms with Crippen molar-refractivity contribution < 1.29 is 38.2 Å². The maximum Gasteiger partial charge on any atom is 0.302 e. The van der Waals surface area contributed by atoms with Crippen molar-refractivity contribution in [2.24, 2.45) is 11.8 Å². The Morgan fingerprint density at radius 2 is 0.786 bits per heavy atom. The summed E-state index contributed by atoms with van der Waals surface area (Å²) >= 11 is 0. The van der Waals surface area contributed by atoms with Gasteiger partial charge < -0.3 is 9.47 Å². The lowest BCUT2D eigenvalue weighted by Crippen LogP contribution is -2.43. The second-order valence-electron chi connectivity index (χ2n) is 15.6. The quantitative estimate of drug-likeness (QED) is 0.0285. The lowest BCUT2D eigenvalue weighted by atomic mass is 9.82. The van der Waals surface area contributed by atoms with Gasteiger partial charge in [0.15, 0.2) is 0 Å². The maximum absolute atomic E-state index is 14.2. The van der Waals surface area contributed by atoms with Crippen molar-refractivity contribution in [3.05, 3.63) is 70.8 Å². The van der Waals surface area contributed by atoms with Gasteiger partial charge in [-0.25, -0.2) is 0 Å². The average Bonchev–Trinajstić information content (AvgIpc) is 3.18. The standard InChI is InChI=1S/C46H50N2O8/c1-5-7-11-29(13-9-23-55-27(3)49)25-47-43(51)35-19-15-31-33-17-21-37-42-38(22-18-34(40(33)42)32-16-20-36(44(47)52)41(35)39(31)32)46(54)48(45(37)53)26-30(12-8-6-2)14-10-24-56-28(4)50/h15-22,29-30H,5-14,23-26H2,1-4H3. The summed E-state index contributed by atoms with van der Waals surface area (Å²) in [5, 5.41) is 6.33. The highest BCUT2D eigenvalue weighted by atomic mass is 16.5. The van der Waals surface area contributed by atoms with Crippen LogP contribution in [0.4, 0.5) is 0 Å². The molecule has 0 aliphatic carbocycles. The molecule has 2 aliphatic rings. The van der Waals surface area contributed by atoms with E-state index >= 15 is 0 Å². The number of benzene rings is 5. The molecule has 0 spiro atoms. The molecule has 2 heterocycles. The van der Waals surface area contributed by atoms with Crippen molar-refractivity contribution >= 4 is 78.7 Å². The summed E-state index contributed by atoms with van der Waals surface area (Å²) < 4.78 is 10.3. The van der Waals surface area contributed by atoms with Crippen LogP contribution in [-0.4, -0.2) is 71.7 Å². The van der Waals surface area contributed by atoms with E-state index in [2.05, 4.69) is 13.8 Å². The monoisotopic (exact) mass is 758 g/mol. The number of hydrogen-bond acceptors (Lipinski definition) is 8. The summed E-state index contributed by atoms with van der Waals surface area (Å²) in [5.74, 6) is -1.75. The highest BCUT2D eigenvalue weighted by molar-refractivity contribution is 6.41. The average molecular weight is 759 g/mol. The van der Waals surface area contributed by atoms with E-state index in [9.17, 15) is 28.8 Å². The molecule has 0 saturated carbocycles. The van der Waals surface area contributed by atoms with Crippen molar-refractivity contribution in [2.75, 3.05) is 26.3 Å². The summed E-state index contributed by atoms with van der Waals surface area (Å²) in [6, 6.07) is 15.0. The van der Waals surface area contributed by atoms with Crippen LogP contribution in [0.25, 0.3) is 43.1 Å². The molecule has 0 bridgehead atoms. The number of rotatable bonds is 18. The van der Waals surface area contributed by atoms with Crippen LogP contribution in [-0.2, 0) is 19.1 Å². The van der Waals surface area contributed by atoms with Crippen LogP contribution in [0.5, 0.6) is 0 Å². The second kappa shape index (κ2) is 16.4. The van der Waals surface area contributed by atoms with Gasteiger partial charge in [-0.3, -0.25) is 38.6 Å². The third kappa shape index (κ3) is 7.10. The van der Waals surface area contributed by atoms with Gasteiger partial charge in [0.2, 0.25) is 0 Å². The van der Waals surface area contributed by atoms with E-state index in [0.717, 1.165) is 83.7 Å². The molecule has 56 heavy (non-hydrogen) atoms. The number of imide groups is 2. The molecule has 7 rings (SSSR count). The van der Waals surface area contributed by atoms with Crippen molar-refractivity contribution in [2.45, 2.75) is 91.9 Å². The van der Waals surface area contributed by atoms with Crippen LogP contribution in [0.15, 0.2) is 48.5 Å². The molecule has 5 aromatic carbocycles. The fourth-order valence-electron chi connectivity index (χ4n) is 9.03.